The second-order valence-corrected chi connectivity index (χ2v) is 4.69. The van der Waals surface area contributed by atoms with E-state index in [-0.39, 0.29) is 0 Å². The molecule has 0 spiro atoms. The summed E-state index contributed by atoms with van der Waals surface area (Å²) < 4.78 is 0. The first kappa shape index (κ1) is 10.4. The average Bonchev–Trinajstić information content (AvgIpc) is 2.52. The molecule has 0 aromatic heterocycles. The van der Waals surface area contributed by atoms with Crippen LogP contribution in [0.15, 0.2) is 0 Å². The van der Waals surface area contributed by atoms with Crippen LogP contribution in [0.5, 0.6) is 0 Å². The molecule has 0 saturated carbocycles. The Hall–Kier alpha value is 0.270. The molecular weight excluding hydrogens is 170 g/mol. The van der Waals surface area contributed by atoms with Crippen LogP contribution in [-0.4, -0.2) is 28.9 Å². The lowest BCUT2D eigenvalue weighted by molar-refractivity contribution is 0.268. The fourth-order valence-corrected chi connectivity index (χ4v) is 2.93. The molecule has 0 aromatic rings. The first-order chi connectivity index (χ1) is 5.77. The summed E-state index contributed by atoms with van der Waals surface area (Å²) in [7, 11) is 0. The molecule has 2 N–H and O–H groups in total. The van der Waals surface area contributed by atoms with Crippen molar-refractivity contribution in [2.45, 2.75) is 38.1 Å². The molecule has 72 valence electrons. The second kappa shape index (κ2) is 5.10. The lowest BCUT2D eigenvalue weighted by Crippen LogP contribution is -2.34. The Kier molecular flexibility index (Phi) is 4.40. The molecule has 2 nitrogen and oxygen atoms in total. The summed E-state index contributed by atoms with van der Waals surface area (Å²) in [5.74, 6) is 1.91. The molecule has 3 heteroatoms. The minimum atomic E-state index is 0.311. The van der Waals surface area contributed by atoms with Crippen molar-refractivity contribution in [2.75, 3.05) is 12.4 Å². The smallest absolute Gasteiger partial charge is 0.0560 e. The zero-order chi connectivity index (χ0) is 8.97. The molecule has 0 bridgehead atoms. The predicted molar refractivity (Wildman–Crippen MR) is 54.3 cm³/mol. The van der Waals surface area contributed by atoms with Crippen LogP contribution in [0.25, 0.3) is 0 Å². The molecule has 1 aliphatic heterocycles. The Balaban J connectivity index is 2.25. The van der Waals surface area contributed by atoms with Gasteiger partial charge in [-0.05, 0) is 12.3 Å². The van der Waals surface area contributed by atoms with E-state index in [2.05, 4.69) is 19.2 Å². The predicted octanol–water partition coefficient (Wildman–Crippen LogP) is 1.45. The van der Waals surface area contributed by atoms with Crippen LogP contribution >= 0.6 is 11.8 Å². The van der Waals surface area contributed by atoms with Crippen LogP contribution in [0.2, 0.25) is 0 Å². The molecular formula is C9H19NOS. The van der Waals surface area contributed by atoms with E-state index in [4.69, 9.17) is 5.11 Å². The quantitative estimate of drug-likeness (QED) is 0.702. The number of thioether (sulfide) groups is 1. The molecule has 3 atom stereocenters. The molecule has 0 aliphatic carbocycles. The topological polar surface area (TPSA) is 32.3 Å². The Morgan fingerprint density at radius 1 is 1.67 bits per heavy atom. The van der Waals surface area contributed by atoms with Gasteiger partial charge in [-0.1, -0.05) is 20.3 Å². The molecule has 0 aromatic carbocycles. The maximum absolute atomic E-state index is 8.76. The fraction of sp³-hybridized carbons (Fsp3) is 1.00. The van der Waals surface area contributed by atoms with E-state index in [1.54, 1.807) is 0 Å². The zero-order valence-corrected chi connectivity index (χ0v) is 8.73. The van der Waals surface area contributed by atoms with Crippen LogP contribution in [0.1, 0.15) is 26.7 Å². The fourth-order valence-electron chi connectivity index (χ4n) is 1.41. The third-order valence-corrected chi connectivity index (χ3v) is 4.07. The normalized spacial score (nSPS) is 32.2. The number of aliphatic hydroxyl groups excluding tert-OH is 1. The summed E-state index contributed by atoms with van der Waals surface area (Å²) >= 11 is 2.00. The van der Waals surface area contributed by atoms with Gasteiger partial charge in [0.25, 0.3) is 0 Å². The number of hydrogen-bond donors (Lipinski definition) is 2. The largest absolute Gasteiger partial charge is 0.396 e. The van der Waals surface area contributed by atoms with E-state index in [0.29, 0.717) is 18.0 Å². The van der Waals surface area contributed by atoms with Crippen LogP contribution in [0, 0.1) is 5.92 Å². The van der Waals surface area contributed by atoms with Crippen molar-refractivity contribution in [3.05, 3.63) is 0 Å². The Labute approximate surface area is 79.1 Å². The molecule has 1 heterocycles. The molecule has 1 fully saturated rings. The van der Waals surface area contributed by atoms with Crippen molar-refractivity contribution in [1.82, 2.24) is 5.32 Å². The van der Waals surface area contributed by atoms with Crippen molar-refractivity contribution >= 4 is 11.8 Å². The second-order valence-electron chi connectivity index (χ2n) is 3.52. The van der Waals surface area contributed by atoms with E-state index in [0.717, 1.165) is 18.1 Å². The maximum atomic E-state index is 8.76. The van der Waals surface area contributed by atoms with E-state index < -0.39 is 0 Å². The van der Waals surface area contributed by atoms with Crippen molar-refractivity contribution in [1.29, 1.82) is 0 Å². The van der Waals surface area contributed by atoms with E-state index in [1.165, 1.54) is 6.42 Å². The van der Waals surface area contributed by atoms with E-state index in [9.17, 15) is 0 Å². The molecule has 12 heavy (non-hydrogen) atoms. The third kappa shape index (κ3) is 2.64. The molecule has 1 rings (SSSR count). The summed E-state index contributed by atoms with van der Waals surface area (Å²) in [5.41, 5.74) is 0. The van der Waals surface area contributed by atoms with Crippen molar-refractivity contribution in [3.8, 4) is 0 Å². The summed E-state index contributed by atoms with van der Waals surface area (Å²) in [4.78, 5) is 0. The monoisotopic (exact) mass is 189 g/mol. The molecule has 1 aliphatic rings. The van der Waals surface area contributed by atoms with E-state index in [1.807, 2.05) is 11.8 Å². The number of hydrogen-bond acceptors (Lipinski definition) is 3. The van der Waals surface area contributed by atoms with Crippen LogP contribution in [0.4, 0.5) is 0 Å². The minimum Gasteiger partial charge on any atom is -0.396 e. The van der Waals surface area contributed by atoms with Gasteiger partial charge in [-0.25, -0.2) is 0 Å². The van der Waals surface area contributed by atoms with E-state index >= 15 is 0 Å². The summed E-state index contributed by atoms with van der Waals surface area (Å²) in [6.45, 7) is 4.82. The van der Waals surface area contributed by atoms with Crippen LogP contribution in [-0.2, 0) is 0 Å². The molecule has 0 radical (unpaired) electrons. The Bertz CT molecular complexity index is 132. The Morgan fingerprint density at radius 2 is 2.42 bits per heavy atom. The highest BCUT2D eigenvalue weighted by Gasteiger charge is 2.26. The minimum absolute atomic E-state index is 0.311. The van der Waals surface area contributed by atoms with Crippen LogP contribution in [0.3, 0.4) is 0 Å². The number of rotatable bonds is 4. The van der Waals surface area contributed by atoms with Crippen molar-refractivity contribution in [2.24, 2.45) is 5.92 Å². The number of aliphatic hydroxyl groups is 1. The highest BCUT2D eigenvalue weighted by Crippen LogP contribution is 2.27. The Morgan fingerprint density at radius 3 is 3.00 bits per heavy atom. The molecule has 1 saturated heterocycles. The van der Waals surface area contributed by atoms with Gasteiger partial charge in [0, 0.05) is 18.4 Å². The lowest BCUT2D eigenvalue weighted by atomic mass is 10.1. The average molecular weight is 189 g/mol. The van der Waals surface area contributed by atoms with Gasteiger partial charge in [-0.15, -0.1) is 11.8 Å². The standard InChI is InChI=1S/C9H19NOS/c1-3-7(2)9-10-8(4-5-11)6-12-9/h7-11H,3-6H2,1-2H3. The summed E-state index contributed by atoms with van der Waals surface area (Å²) in [6, 6.07) is 0.541. The zero-order valence-electron chi connectivity index (χ0n) is 7.92. The summed E-state index contributed by atoms with van der Waals surface area (Å²) in [6.07, 6.45) is 2.14. The molecule has 0 amide bonds. The van der Waals surface area contributed by atoms with Crippen molar-refractivity contribution < 1.29 is 5.11 Å². The van der Waals surface area contributed by atoms with Gasteiger partial charge in [0.05, 0.1) is 5.37 Å². The first-order valence-electron chi connectivity index (χ1n) is 4.76. The number of nitrogens with one attached hydrogen (secondary N) is 1. The van der Waals surface area contributed by atoms with Crippen molar-refractivity contribution in [3.63, 3.8) is 0 Å². The van der Waals surface area contributed by atoms with Gasteiger partial charge in [0.2, 0.25) is 0 Å². The van der Waals surface area contributed by atoms with Gasteiger partial charge in [0.15, 0.2) is 0 Å². The third-order valence-electron chi connectivity index (χ3n) is 2.52. The van der Waals surface area contributed by atoms with Gasteiger partial charge in [-0.2, -0.15) is 0 Å². The SMILES string of the molecule is CCC(C)C1NC(CCO)CS1. The first-order valence-corrected chi connectivity index (χ1v) is 5.81. The van der Waals surface area contributed by atoms with Gasteiger partial charge in [0.1, 0.15) is 0 Å². The van der Waals surface area contributed by atoms with Gasteiger partial charge in [-0.3, -0.25) is 0 Å². The highest BCUT2D eigenvalue weighted by atomic mass is 32.2. The summed E-state index contributed by atoms with van der Waals surface area (Å²) in [5, 5.41) is 12.9. The van der Waals surface area contributed by atoms with Gasteiger partial charge < -0.3 is 10.4 Å². The lowest BCUT2D eigenvalue weighted by Gasteiger charge is -2.18. The molecule has 3 unspecified atom stereocenters. The maximum Gasteiger partial charge on any atom is 0.0560 e. The van der Waals surface area contributed by atoms with Gasteiger partial charge >= 0.3 is 0 Å². The highest BCUT2D eigenvalue weighted by molar-refractivity contribution is 8.00. The van der Waals surface area contributed by atoms with Crippen LogP contribution < -0.4 is 5.32 Å².